The highest BCUT2D eigenvalue weighted by atomic mass is 16.2. The minimum atomic E-state index is -0.359. The first-order valence-corrected chi connectivity index (χ1v) is 6.37. The van der Waals surface area contributed by atoms with Gasteiger partial charge in [0.25, 0.3) is 11.8 Å². The van der Waals surface area contributed by atoms with E-state index >= 15 is 0 Å². The molecule has 0 aliphatic carbocycles. The smallest absolute Gasteiger partial charge is 0.273 e. The van der Waals surface area contributed by atoms with E-state index in [9.17, 15) is 9.59 Å². The van der Waals surface area contributed by atoms with Gasteiger partial charge in [-0.15, -0.1) is 0 Å². The molecule has 0 radical (unpaired) electrons. The van der Waals surface area contributed by atoms with Crippen molar-refractivity contribution in [3.8, 4) is 0 Å². The minimum Gasteiger partial charge on any atom is -0.343 e. The minimum absolute atomic E-state index is 0.165. The summed E-state index contributed by atoms with van der Waals surface area (Å²) >= 11 is 0. The summed E-state index contributed by atoms with van der Waals surface area (Å²) in [6.45, 7) is 0.379. The van der Waals surface area contributed by atoms with E-state index in [2.05, 4.69) is 10.5 Å². The molecule has 1 aromatic heterocycles. The Bertz CT molecular complexity index is 663. The average molecular weight is 287 g/mol. The maximum absolute atomic E-state index is 11.8. The summed E-state index contributed by atoms with van der Waals surface area (Å²) in [5, 5.41) is 4.22. The van der Waals surface area contributed by atoms with E-state index in [1.807, 2.05) is 12.1 Å². The van der Waals surface area contributed by atoms with Crippen LogP contribution in [0, 0.1) is 0 Å². The van der Waals surface area contributed by atoms with Crippen molar-refractivity contribution in [3.05, 3.63) is 53.3 Å². The van der Waals surface area contributed by atoms with Gasteiger partial charge in [-0.05, 0) is 17.7 Å². The zero-order chi connectivity index (χ0) is 15.4. The van der Waals surface area contributed by atoms with Gasteiger partial charge in [0.2, 0.25) is 0 Å². The number of carbonyl (C=O) groups is 2. The maximum atomic E-state index is 11.8. The summed E-state index contributed by atoms with van der Waals surface area (Å²) in [5.74, 6) is 4.65. The van der Waals surface area contributed by atoms with Gasteiger partial charge in [-0.2, -0.15) is 5.10 Å². The fourth-order valence-corrected chi connectivity index (χ4v) is 1.92. The van der Waals surface area contributed by atoms with Crippen LogP contribution >= 0.6 is 0 Å². The first-order chi connectivity index (χ1) is 10.0. The number of hydrazine groups is 1. The molecule has 0 aliphatic heterocycles. The molecule has 2 aromatic rings. The normalized spacial score (nSPS) is 10.2. The molecule has 7 nitrogen and oxygen atoms in total. The van der Waals surface area contributed by atoms with Crippen LogP contribution < -0.4 is 11.3 Å². The largest absolute Gasteiger partial charge is 0.343 e. The summed E-state index contributed by atoms with van der Waals surface area (Å²) in [4.78, 5) is 25.0. The van der Waals surface area contributed by atoms with Crippen molar-refractivity contribution in [1.82, 2.24) is 20.1 Å². The quantitative estimate of drug-likeness (QED) is 0.478. The Kier molecular flexibility index (Phi) is 4.34. The fourth-order valence-electron chi connectivity index (χ4n) is 1.92. The van der Waals surface area contributed by atoms with Crippen LogP contribution in [0.3, 0.4) is 0 Å². The van der Waals surface area contributed by atoms with Gasteiger partial charge in [0.15, 0.2) is 0 Å². The van der Waals surface area contributed by atoms with Crippen LogP contribution in [0.15, 0.2) is 36.5 Å². The summed E-state index contributed by atoms with van der Waals surface area (Å²) in [6.07, 6.45) is 1.70. The predicted octanol–water partition coefficient (Wildman–Crippen LogP) is 0.237. The number of benzene rings is 1. The van der Waals surface area contributed by atoms with Crippen LogP contribution in [0.1, 0.15) is 26.4 Å². The Labute approximate surface area is 122 Å². The third-order valence-corrected chi connectivity index (χ3v) is 2.99. The van der Waals surface area contributed by atoms with Crippen molar-refractivity contribution in [2.24, 2.45) is 5.84 Å². The number of nitrogens with one attached hydrogen (secondary N) is 1. The molecule has 0 unspecified atom stereocenters. The molecule has 110 valence electrons. The molecule has 0 saturated heterocycles. The third kappa shape index (κ3) is 3.26. The topological polar surface area (TPSA) is 93.2 Å². The average Bonchev–Trinajstić information content (AvgIpc) is 2.94. The maximum Gasteiger partial charge on any atom is 0.273 e. The van der Waals surface area contributed by atoms with Crippen molar-refractivity contribution >= 4 is 11.8 Å². The zero-order valence-corrected chi connectivity index (χ0v) is 11.9. The fraction of sp³-hybridized carbons (Fsp3) is 0.214. The van der Waals surface area contributed by atoms with Crippen LogP contribution in [0.5, 0.6) is 0 Å². The number of nitrogens with zero attached hydrogens (tertiary/aromatic N) is 3. The standard InChI is InChI=1S/C14H17N5O2/c1-18(2)14(21)12-7-8-19(17-12)9-10-5-3-4-6-11(10)13(20)16-15/h3-8H,9,15H2,1-2H3,(H,16,20). The van der Waals surface area contributed by atoms with Crippen molar-refractivity contribution in [1.29, 1.82) is 0 Å². The molecule has 0 atom stereocenters. The number of carbonyl (C=O) groups excluding carboxylic acids is 2. The van der Waals surface area contributed by atoms with E-state index in [1.165, 1.54) is 4.90 Å². The van der Waals surface area contributed by atoms with E-state index < -0.39 is 0 Å². The number of rotatable bonds is 4. The number of amides is 2. The molecule has 0 aliphatic rings. The second-order valence-corrected chi connectivity index (χ2v) is 4.73. The molecule has 1 aromatic carbocycles. The summed E-state index contributed by atoms with van der Waals surface area (Å²) in [7, 11) is 3.34. The van der Waals surface area contributed by atoms with Gasteiger partial charge < -0.3 is 4.90 Å². The third-order valence-electron chi connectivity index (χ3n) is 2.99. The molecule has 0 spiro atoms. The van der Waals surface area contributed by atoms with E-state index in [4.69, 9.17) is 5.84 Å². The monoisotopic (exact) mass is 287 g/mol. The summed E-state index contributed by atoms with van der Waals surface area (Å²) in [6, 6.07) is 8.75. The van der Waals surface area contributed by atoms with Crippen LogP contribution in [-0.4, -0.2) is 40.6 Å². The van der Waals surface area contributed by atoms with E-state index in [1.54, 1.807) is 43.2 Å². The Morgan fingerprint density at radius 1 is 1.29 bits per heavy atom. The van der Waals surface area contributed by atoms with Crippen LogP contribution in [-0.2, 0) is 6.54 Å². The van der Waals surface area contributed by atoms with Crippen molar-refractivity contribution in [3.63, 3.8) is 0 Å². The molecule has 0 bridgehead atoms. The molecule has 3 N–H and O–H groups in total. The van der Waals surface area contributed by atoms with Crippen molar-refractivity contribution in [2.75, 3.05) is 14.1 Å². The van der Waals surface area contributed by atoms with Crippen molar-refractivity contribution in [2.45, 2.75) is 6.54 Å². The van der Waals surface area contributed by atoms with Gasteiger partial charge in [0.1, 0.15) is 5.69 Å². The second-order valence-electron chi connectivity index (χ2n) is 4.73. The van der Waals surface area contributed by atoms with E-state index in [0.29, 0.717) is 17.8 Å². The molecule has 2 amide bonds. The lowest BCUT2D eigenvalue weighted by Gasteiger charge is -2.09. The second kappa shape index (κ2) is 6.19. The van der Waals surface area contributed by atoms with E-state index in [-0.39, 0.29) is 11.8 Å². The Morgan fingerprint density at radius 2 is 2.00 bits per heavy atom. The van der Waals surface area contributed by atoms with Gasteiger partial charge in [-0.1, -0.05) is 18.2 Å². The predicted molar refractivity (Wildman–Crippen MR) is 77.4 cm³/mol. The first-order valence-electron chi connectivity index (χ1n) is 6.37. The molecule has 0 fully saturated rings. The molecule has 21 heavy (non-hydrogen) atoms. The number of hydrogen-bond acceptors (Lipinski definition) is 4. The van der Waals surface area contributed by atoms with E-state index in [0.717, 1.165) is 5.56 Å². The lowest BCUT2D eigenvalue weighted by atomic mass is 10.1. The van der Waals surface area contributed by atoms with Crippen LogP contribution in [0.25, 0.3) is 0 Å². The molecule has 0 saturated carbocycles. The van der Waals surface area contributed by atoms with Crippen LogP contribution in [0.2, 0.25) is 0 Å². The summed E-state index contributed by atoms with van der Waals surface area (Å²) in [5.41, 5.74) is 3.73. The van der Waals surface area contributed by atoms with Gasteiger partial charge in [-0.3, -0.25) is 19.7 Å². The summed E-state index contributed by atoms with van der Waals surface area (Å²) < 4.78 is 1.61. The number of nitrogen functional groups attached to an aromatic ring is 1. The number of nitrogens with two attached hydrogens (primary N) is 1. The number of aromatic nitrogens is 2. The Balaban J connectivity index is 2.23. The number of hydrogen-bond donors (Lipinski definition) is 2. The van der Waals surface area contributed by atoms with Crippen LogP contribution in [0.4, 0.5) is 0 Å². The van der Waals surface area contributed by atoms with Gasteiger partial charge in [0, 0.05) is 25.9 Å². The van der Waals surface area contributed by atoms with Crippen molar-refractivity contribution < 1.29 is 9.59 Å². The zero-order valence-electron chi connectivity index (χ0n) is 11.9. The molecular weight excluding hydrogens is 270 g/mol. The van der Waals surface area contributed by atoms with Gasteiger partial charge in [0.05, 0.1) is 6.54 Å². The highest BCUT2D eigenvalue weighted by Gasteiger charge is 2.13. The molecular formula is C14H17N5O2. The highest BCUT2D eigenvalue weighted by molar-refractivity contribution is 5.95. The first kappa shape index (κ1) is 14.7. The molecule has 1 heterocycles. The molecule has 2 rings (SSSR count). The Hall–Kier alpha value is -2.67. The molecule has 7 heteroatoms. The SMILES string of the molecule is CN(C)C(=O)c1ccn(Cc2ccccc2C(=O)NN)n1. The highest BCUT2D eigenvalue weighted by Crippen LogP contribution is 2.11. The lowest BCUT2D eigenvalue weighted by molar-refractivity contribution is 0.0820. The van der Waals surface area contributed by atoms with Gasteiger partial charge in [-0.25, -0.2) is 5.84 Å². The van der Waals surface area contributed by atoms with Gasteiger partial charge >= 0.3 is 0 Å². The Morgan fingerprint density at radius 3 is 2.67 bits per heavy atom. The lowest BCUT2D eigenvalue weighted by Crippen LogP contribution is -2.31.